The van der Waals surface area contributed by atoms with E-state index in [-0.39, 0.29) is 11.4 Å². The van der Waals surface area contributed by atoms with Gasteiger partial charge in [-0.05, 0) is 26.0 Å². The van der Waals surface area contributed by atoms with Gasteiger partial charge in [0.25, 0.3) is 0 Å². The molecule has 0 atom stereocenters. The average molecular weight is 363 g/mol. The lowest BCUT2D eigenvalue weighted by atomic mass is 10.2. The molecule has 3 rings (SSSR count). The molecule has 0 aromatic carbocycles. The Hall–Kier alpha value is -2.10. The van der Waals surface area contributed by atoms with Crippen LogP contribution in [0.2, 0.25) is 0 Å². The Balaban J connectivity index is 1.64. The topological polar surface area (TPSA) is 101 Å². The molecule has 0 fully saturated rings. The lowest BCUT2D eigenvalue weighted by Gasteiger charge is -2.05. The Morgan fingerprint density at radius 1 is 1.25 bits per heavy atom. The van der Waals surface area contributed by atoms with E-state index in [4.69, 9.17) is 0 Å². The number of nitrogens with zero attached hydrogens (tertiary/aromatic N) is 3. The minimum absolute atomic E-state index is 0.221. The number of aromatic nitrogens is 4. The van der Waals surface area contributed by atoms with E-state index in [0.717, 1.165) is 16.3 Å². The van der Waals surface area contributed by atoms with E-state index in [1.165, 1.54) is 11.3 Å². The molecule has 0 bridgehead atoms. The molecule has 0 amide bonds. The minimum atomic E-state index is -3.57. The predicted molar refractivity (Wildman–Crippen MR) is 92.3 cm³/mol. The zero-order chi connectivity index (χ0) is 17.2. The lowest BCUT2D eigenvalue weighted by Crippen LogP contribution is -2.26. The Morgan fingerprint density at radius 3 is 2.67 bits per heavy atom. The normalized spacial score (nSPS) is 11.8. The number of aryl methyl sites for hydroxylation is 2. The summed E-state index contributed by atoms with van der Waals surface area (Å²) >= 11 is 1.51. The Morgan fingerprint density at radius 2 is 2.00 bits per heavy atom. The van der Waals surface area contributed by atoms with Crippen LogP contribution in [-0.2, 0) is 16.4 Å². The summed E-state index contributed by atoms with van der Waals surface area (Å²) in [6, 6.07) is 3.79. The molecule has 0 unspecified atom stereocenters. The summed E-state index contributed by atoms with van der Waals surface area (Å²) in [5, 5.41) is 9.46. The number of sulfonamides is 1. The van der Waals surface area contributed by atoms with Crippen LogP contribution in [0, 0.1) is 13.8 Å². The van der Waals surface area contributed by atoms with Crippen LogP contribution in [0.5, 0.6) is 0 Å². The van der Waals surface area contributed by atoms with E-state index in [0.29, 0.717) is 17.8 Å². The van der Waals surface area contributed by atoms with Gasteiger partial charge in [0.15, 0.2) is 0 Å². The number of aromatic amines is 1. The van der Waals surface area contributed by atoms with Crippen molar-refractivity contribution in [1.29, 1.82) is 0 Å². The second-order valence-electron chi connectivity index (χ2n) is 5.27. The number of nitrogens with one attached hydrogen (secondary N) is 2. The molecule has 0 saturated carbocycles. The summed E-state index contributed by atoms with van der Waals surface area (Å²) in [5.74, 6) is 0. The monoisotopic (exact) mass is 363 g/mol. The van der Waals surface area contributed by atoms with E-state index in [2.05, 4.69) is 24.9 Å². The highest BCUT2D eigenvalue weighted by atomic mass is 32.2. The summed E-state index contributed by atoms with van der Waals surface area (Å²) < 4.78 is 27.3. The van der Waals surface area contributed by atoms with E-state index < -0.39 is 10.0 Å². The third-order valence-electron chi connectivity index (χ3n) is 3.49. The van der Waals surface area contributed by atoms with Crippen molar-refractivity contribution in [2.75, 3.05) is 6.54 Å². The maximum Gasteiger partial charge on any atom is 0.244 e. The number of hydrogen-bond acceptors (Lipinski definition) is 6. The summed E-state index contributed by atoms with van der Waals surface area (Å²) in [7, 11) is -3.57. The highest BCUT2D eigenvalue weighted by Gasteiger charge is 2.21. The summed E-state index contributed by atoms with van der Waals surface area (Å²) in [4.78, 5) is 8.74. The maximum absolute atomic E-state index is 12.4. The Bertz CT molecular complexity index is 912. The van der Waals surface area contributed by atoms with Crippen LogP contribution in [-0.4, -0.2) is 35.1 Å². The van der Waals surface area contributed by atoms with Crippen LogP contribution in [0.1, 0.15) is 16.4 Å². The molecule has 126 valence electrons. The first kappa shape index (κ1) is 16.7. The minimum Gasteiger partial charge on any atom is -0.281 e. The molecular weight excluding hydrogens is 346 g/mol. The third kappa shape index (κ3) is 3.53. The number of rotatable bonds is 6. The van der Waals surface area contributed by atoms with Gasteiger partial charge >= 0.3 is 0 Å². The molecule has 7 nitrogen and oxygen atoms in total. The molecule has 3 heterocycles. The first-order valence-electron chi connectivity index (χ1n) is 7.33. The standard InChI is InChI=1S/C15H17N5O2S2/c1-10-15(11(2)20-19-10)24(21,22)17-8-5-14-18-13(9-23-14)12-3-6-16-7-4-12/h3-4,6-7,9,17H,5,8H2,1-2H3,(H,19,20). The molecule has 0 radical (unpaired) electrons. The quantitative estimate of drug-likeness (QED) is 0.698. The van der Waals surface area contributed by atoms with Crippen LogP contribution in [0.4, 0.5) is 0 Å². The number of pyridine rings is 1. The summed E-state index contributed by atoms with van der Waals surface area (Å²) in [5.41, 5.74) is 2.88. The summed E-state index contributed by atoms with van der Waals surface area (Å²) in [6.45, 7) is 3.64. The number of thiazole rings is 1. The molecule has 9 heteroatoms. The smallest absolute Gasteiger partial charge is 0.244 e. The van der Waals surface area contributed by atoms with Crippen molar-refractivity contribution in [2.24, 2.45) is 0 Å². The first-order valence-corrected chi connectivity index (χ1v) is 9.69. The van der Waals surface area contributed by atoms with Crippen LogP contribution < -0.4 is 4.72 Å². The Kier molecular flexibility index (Phi) is 4.74. The molecule has 0 saturated heterocycles. The fourth-order valence-corrected chi connectivity index (χ4v) is 4.59. The molecule has 24 heavy (non-hydrogen) atoms. The SMILES string of the molecule is Cc1n[nH]c(C)c1S(=O)(=O)NCCc1nc(-c2ccncc2)cs1. The molecule has 0 spiro atoms. The van der Waals surface area contributed by atoms with E-state index >= 15 is 0 Å². The molecule has 2 N–H and O–H groups in total. The van der Waals surface area contributed by atoms with Crippen LogP contribution in [0.3, 0.4) is 0 Å². The van der Waals surface area contributed by atoms with Gasteiger partial charge in [0.2, 0.25) is 10.0 Å². The molecule has 3 aromatic rings. The fourth-order valence-electron chi connectivity index (χ4n) is 2.38. The lowest BCUT2D eigenvalue weighted by molar-refractivity contribution is 0.580. The second-order valence-corrected chi connectivity index (χ2v) is 7.92. The van der Waals surface area contributed by atoms with Crippen molar-refractivity contribution in [3.05, 3.63) is 46.3 Å². The van der Waals surface area contributed by atoms with Crippen molar-refractivity contribution in [2.45, 2.75) is 25.2 Å². The van der Waals surface area contributed by atoms with E-state index in [1.54, 1.807) is 26.2 Å². The largest absolute Gasteiger partial charge is 0.281 e. The van der Waals surface area contributed by atoms with Gasteiger partial charge in [0, 0.05) is 36.3 Å². The van der Waals surface area contributed by atoms with Gasteiger partial charge in [0.05, 0.1) is 22.1 Å². The van der Waals surface area contributed by atoms with Gasteiger partial charge in [-0.1, -0.05) is 0 Å². The molecular formula is C15H17N5O2S2. The maximum atomic E-state index is 12.4. The van der Waals surface area contributed by atoms with Gasteiger partial charge in [-0.3, -0.25) is 10.1 Å². The van der Waals surface area contributed by atoms with Gasteiger partial charge in [0.1, 0.15) is 4.90 Å². The zero-order valence-electron chi connectivity index (χ0n) is 13.3. The second kappa shape index (κ2) is 6.80. The number of H-pyrrole nitrogens is 1. The van der Waals surface area contributed by atoms with Crippen molar-refractivity contribution in [3.63, 3.8) is 0 Å². The molecule has 0 aliphatic carbocycles. The molecule has 0 aliphatic heterocycles. The highest BCUT2D eigenvalue weighted by molar-refractivity contribution is 7.89. The number of hydrogen-bond donors (Lipinski definition) is 2. The van der Waals surface area contributed by atoms with Gasteiger partial charge < -0.3 is 0 Å². The van der Waals surface area contributed by atoms with Crippen LogP contribution >= 0.6 is 11.3 Å². The summed E-state index contributed by atoms with van der Waals surface area (Å²) in [6.07, 6.45) is 3.97. The average Bonchev–Trinajstić information content (AvgIpc) is 3.15. The van der Waals surface area contributed by atoms with Gasteiger partial charge in [-0.15, -0.1) is 11.3 Å². The van der Waals surface area contributed by atoms with Crippen molar-refractivity contribution >= 4 is 21.4 Å². The van der Waals surface area contributed by atoms with Crippen LogP contribution in [0.15, 0.2) is 34.8 Å². The van der Waals surface area contributed by atoms with Gasteiger partial charge in [-0.25, -0.2) is 18.1 Å². The van der Waals surface area contributed by atoms with Crippen molar-refractivity contribution in [3.8, 4) is 11.3 Å². The molecule has 0 aliphatic rings. The predicted octanol–water partition coefficient (Wildman–Crippen LogP) is 2.07. The van der Waals surface area contributed by atoms with E-state index in [1.807, 2.05) is 17.5 Å². The first-order chi connectivity index (χ1) is 11.5. The third-order valence-corrected chi connectivity index (χ3v) is 6.12. The van der Waals surface area contributed by atoms with Crippen molar-refractivity contribution < 1.29 is 8.42 Å². The fraction of sp³-hybridized carbons (Fsp3) is 0.267. The Labute approximate surface area is 144 Å². The van der Waals surface area contributed by atoms with Crippen molar-refractivity contribution in [1.82, 2.24) is 24.9 Å². The highest BCUT2D eigenvalue weighted by Crippen LogP contribution is 2.21. The molecule has 3 aromatic heterocycles. The van der Waals surface area contributed by atoms with E-state index in [9.17, 15) is 8.42 Å². The zero-order valence-corrected chi connectivity index (χ0v) is 14.9. The van der Waals surface area contributed by atoms with Crippen LogP contribution in [0.25, 0.3) is 11.3 Å². The van der Waals surface area contributed by atoms with Gasteiger partial charge in [-0.2, -0.15) is 5.10 Å².